The first-order chi connectivity index (χ1) is 11.0. The zero-order chi connectivity index (χ0) is 16.6. The molecule has 0 bridgehead atoms. The van der Waals surface area contributed by atoms with Crippen LogP contribution in [0.2, 0.25) is 0 Å². The molecule has 2 nitrogen and oxygen atoms in total. The summed E-state index contributed by atoms with van der Waals surface area (Å²) in [5.74, 6) is -0.0695. The monoisotopic (exact) mass is 309 g/mol. The van der Waals surface area contributed by atoms with Crippen LogP contribution in [-0.4, -0.2) is 10.1 Å². The Balaban J connectivity index is 2.43. The van der Waals surface area contributed by atoms with Crippen molar-refractivity contribution in [2.45, 2.75) is 33.3 Å². The summed E-state index contributed by atoms with van der Waals surface area (Å²) in [5, 5.41) is 11.0. The first kappa shape index (κ1) is 15.6. The number of aliphatic hydroxyl groups is 1. The van der Waals surface area contributed by atoms with Gasteiger partial charge in [-0.25, -0.2) is 4.39 Å². The molecule has 118 valence electrons. The van der Waals surface area contributed by atoms with Gasteiger partial charge in [-0.3, -0.25) is 4.98 Å². The minimum atomic E-state index is -0.266. The van der Waals surface area contributed by atoms with Crippen molar-refractivity contribution in [3.8, 4) is 11.1 Å². The molecule has 3 aromatic rings. The van der Waals surface area contributed by atoms with Gasteiger partial charge in [-0.05, 0) is 48.2 Å². The molecule has 1 aromatic heterocycles. The third-order valence-corrected chi connectivity index (χ3v) is 4.11. The summed E-state index contributed by atoms with van der Waals surface area (Å²) in [7, 11) is 0. The topological polar surface area (TPSA) is 33.1 Å². The van der Waals surface area contributed by atoms with E-state index in [-0.39, 0.29) is 18.3 Å². The number of benzene rings is 2. The molecule has 0 radical (unpaired) electrons. The van der Waals surface area contributed by atoms with Gasteiger partial charge >= 0.3 is 0 Å². The number of hydrogen-bond acceptors (Lipinski definition) is 2. The van der Waals surface area contributed by atoms with E-state index in [1.54, 1.807) is 12.1 Å². The predicted molar refractivity (Wildman–Crippen MR) is 91.9 cm³/mol. The summed E-state index contributed by atoms with van der Waals surface area (Å²) >= 11 is 0. The molecule has 2 aromatic carbocycles. The molecule has 0 atom stereocenters. The summed E-state index contributed by atoms with van der Waals surface area (Å²) in [6, 6.07) is 12.5. The van der Waals surface area contributed by atoms with Crippen LogP contribution in [0, 0.1) is 12.7 Å². The van der Waals surface area contributed by atoms with Crippen molar-refractivity contribution in [1.82, 2.24) is 4.98 Å². The predicted octanol–water partition coefficient (Wildman–Crippen LogP) is 4.97. The molecule has 1 heterocycles. The molecule has 0 amide bonds. The molecule has 3 rings (SSSR count). The van der Waals surface area contributed by atoms with E-state index in [0.29, 0.717) is 0 Å². The van der Waals surface area contributed by atoms with E-state index >= 15 is 0 Å². The smallest absolute Gasteiger partial charge is 0.123 e. The number of aromatic nitrogens is 1. The number of rotatable bonds is 3. The Bertz CT molecular complexity index is 854. The maximum atomic E-state index is 13.3. The summed E-state index contributed by atoms with van der Waals surface area (Å²) < 4.78 is 13.3. The van der Waals surface area contributed by atoms with Crippen molar-refractivity contribution in [2.75, 3.05) is 0 Å². The number of pyridine rings is 1. The normalized spacial score (nSPS) is 11.4. The van der Waals surface area contributed by atoms with Crippen LogP contribution in [-0.2, 0) is 6.61 Å². The number of hydrogen-bond donors (Lipinski definition) is 1. The largest absolute Gasteiger partial charge is 0.392 e. The summed E-state index contributed by atoms with van der Waals surface area (Å²) in [6.45, 7) is 6.08. The lowest BCUT2D eigenvalue weighted by atomic mass is 9.91. The number of aryl methyl sites for hydroxylation is 1. The maximum absolute atomic E-state index is 13.3. The minimum absolute atomic E-state index is 0.0862. The quantitative estimate of drug-likeness (QED) is 0.741. The molecule has 0 spiro atoms. The van der Waals surface area contributed by atoms with Crippen LogP contribution in [0.1, 0.15) is 36.6 Å². The molecule has 0 fully saturated rings. The average molecular weight is 309 g/mol. The van der Waals surface area contributed by atoms with Gasteiger partial charge in [0, 0.05) is 16.6 Å². The van der Waals surface area contributed by atoms with E-state index < -0.39 is 0 Å². The van der Waals surface area contributed by atoms with Gasteiger partial charge in [-0.2, -0.15) is 0 Å². The standard InChI is InChI=1S/C20H20FNO/c1-12(2)20-17(11-23)19(14-5-7-15(21)8-6-14)16-10-13(3)4-9-18(16)22-20/h4-10,12,23H,11H2,1-3H3. The molecule has 23 heavy (non-hydrogen) atoms. The lowest BCUT2D eigenvalue weighted by Gasteiger charge is -2.18. The molecule has 3 heteroatoms. The highest BCUT2D eigenvalue weighted by molar-refractivity contribution is 5.97. The third kappa shape index (κ3) is 2.84. The first-order valence-electron chi connectivity index (χ1n) is 7.81. The Morgan fingerprint density at radius 2 is 1.78 bits per heavy atom. The lowest BCUT2D eigenvalue weighted by molar-refractivity contribution is 0.280. The highest BCUT2D eigenvalue weighted by Gasteiger charge is 2.18. The van der Waals surface area contributed by atoms with Gasteiger partial charge in [0.1, 0.15) is 5.82 Å². The van der Waals surface area contributed by atoms with E-state index in [0.717, 1.165) is 38.9 Å². The van der Waals surface area contributed by atoms with Gasteiger partial charge in [-0.1, -0.05) is 37.6 Å². The number of fused-ring (bicyclic) bond motifs is 1. The van der Waals surface area contributed by atoms with E-state index in [1.807, 2.05) is 19.1 Å². The molecule has 1 N–H and O–H groups in total. The Morgan fingerprint density at radius 1 is 1.09 bits per heavy atom. The molecule has 0 aliphatic carbocycles. The molecule has 0 unspecified atom stereocenters. The van der Waals surface area contributed by atoms with Crippen LogP contribution < -0.4 is 0 Å². The van der Waals surface area contributed by atoms with Crippen molar-refractivity contribution in [3.63, 3.8) is 0 Å². The fraction of sp³-hybridized carbons (Fsp3) is 0.250. The third-order valence-electron chi connectivity index (χ3n) is 4.11. The van der Waals surface area contributed by atoms with Crippen LogP contribution in [0.5, 0.6) is 0 Å². The SMILES string of the molecule is Cc1ccc2nc(C(C)C)c(CO)c(-c3ccc(F)cc3)c2c1. The van der Waals surface area contributed by atoms with Crippen LogP contribution in [0.25, 0.3) is 22.0 Å². The van der Waals surface area contributed by atoms with E-state index in [9.17, 15) is 9.50 Å². The molecular formula is C20H20FNO. The van der Waals surface area contributed by atoms with E-state index in [2.05, 4.69) is 19.9 Å². The number of aliphatic hydroxyl groups excluding tert-OH is 1. The molecule has 0 aliphatic rings. The van der Waals surface area contributed by atoms with Gasteiger partial charge < -0.3 is 5.11 Å². The van der Waals surface area contributed by atoms with E-state index in [1.165, 1.54) is 12.1 Å². The van der Waals surface area contributed by atoms with Crippen LogP contribution >= 0.6 is 0 Å². The van der Waals surface area contributed by atoms with Crippen molar-refractivity contribution in [2.24, 2.45) is 0 Å². The Kier molecular flexibility index (Phi) is 4.14. The highest BCUT2D eigenvalue weighted by atomic mass is 19.1. The molecule has 0 aliphatic heterocycles. The van der Waals surface area contributed by atoms with Gasteiger partial charge in [0.2, 0.25) is 0 Å². The van der Waals surface area contributed by atoms with Crippen molar-refractivity contribution < 1.29 is 9.50 Å². The maximum Gasteiger partial charge on any atom is 0.123 e. The summed E-state index contributed by atoms with van der Waals surface area (Å²) in [4.78, 5) is 4.76. The summed E-state index contributed by atoms with van der Waals surface area (Å²) in [5.41, 5.74) is 5.59. The zero-order valence-corrected chi connectivity index (χ0v) is 13.6. The summed E-state index contributed by atoms with van der Waals surface area (Å²) in [6.07, 6.45) is 0. The Hall–Kier alpha value is -2.26. The van der Waals surface area contributed by atoms with Crippen LogP contribution in [0.15, 0.2) is 42.5 Å². The van der Waals surface area contributed by atoms with Crippen molar-refractivity contribution in [3.05, 3.63) is 65.1 Å². The Morgan fingerprint density at radius 3 is 2.39 bits per heavy atom. The van der Waals surface area contributed by atoms with E-state index in [4.69, 9.17) is 4.98 Å². The fourth-order valence-electron chi connectivity index (χ4n) is 3.02. The highest BCUT2D eigenvalue weighted by Crippen LogP contribution is 2.36. The fourth-order valence-corrected chi connectivity index (χ4v) is 3.02. The average Bonchev–Trinajstić information content (AvgIpc) is 2.54. The zero-order valence-electron chi connectivity index (χ0n) is 13.6. The van der Waals surface area contributed by atoms with Gasteiger partial charge in [0.05, 0.1) is 12.1 Å². The van der Waals surface area contributed by atoms with Crippen molar-refractivity contribution in [1.29, 1.82) is 0 Å². The van der Waals surface area contributed by atoms with Gasteiger partial charge in [-0.15, -0.1) is 0 Å². The second-order valence-electron chi connectivity index (χ2n) is 6.19. The van der Waals surface area contributed by atoms with Gasteiger partial charge in [0.15, 0.2) is 0 Å². The minimum Gasteiger partial charge on any atom is -0.392 e. The second-order valence-corrected chi connectivity index (χ2v) is 6.19. The molecular weight excluding hydrogens is 289 g/mol. The van der Waals surface area contributed by atoms with Crippen LogP contribution in [0.4, 0.5) is 4.39 Å². The Labute approximate surface area is 135 Å². The molecule has 0 saturated carbocycles. The first-order valence-corrected chi connectivity index (χ1v) is 7.81. The van der Waals surface area contributed by atoms with Crippen molar-refractivity contribution >= 4 is 10.9 Å². The number of halogens is 1. The molecule has 0 saturated heterocycles. The van der Waals surface area contributed by atoms with Crippen LogP contribution in [0.3, 0.4) is 0 Å². The lowest BCUT2D eigenvalue weighted by Crippen LogP contribution is -2.04. The number of nitrogens with zero attached hydrogens (tertiary/aromatic N) is 1. The van der Waals surface area contributed by atoms with Gasteiger partial charge in [0.25, 0.3) is 0 Å². The second kappa shape index (κ2) is 6.09.